The van der Waals surface area contributed by atoms with Gasteiger partial charge >= 0.3 is 5.97 Å². The Labute approximate surface area is 291 Å². The molecule has 1 aliphatic heterocycles. The third kappa shape index (κ3) is 8.75. The van der Waals surface area contributed by atoms with Crippen LogP contribution in [-0.2, 0) is 32.1 Å². The number of thioether (sulfide) groups is 1. The summed E-state index contributed by atoms with van der Waals surface area (Å²) in [5.74, 6) is -1.40. The van der Waals surface area contributed by atoms with Gasteiger partial charge in [0.05, 0.1) is 32.1 Å². The van der Waals surface area contributed by atoms with Crippen LogP contribution in [0.25, 0.3) is 6.08 Å². The Bertz CT molecular complexity index is 1920. The van der Waals surface area contributed by atoms with Gasteiger partial charge in [-0.3, -0.25) is 19.2 Å². The maximum Gasteiger partial charge on any atom is 0.341 e. The Kier molecular flexibility index (Phi) is 11.5. The molecule has 0 spiro atoms. The fourth-order valence-corrected chi connectivity index (χ4v) is 7.16. The van der Waals surface area contributed by atoms with E-state index in [1.54, 1.807) is 89.8 Å². The number of para-hydroxylation sites is 1. The molecule has 0 bridgehead atoms. The molecule has 0 unspecified atom stereocenters. The molecule has 5 rings (SSSR count). The first-order valence-electron chi connectivity index (χ1n) is 15.2. The number of carbonyl (C=O) groups excluding carboxylic acids is 5. The van der Waals surface area contributed by atoms with Gasteiger partial charge in [-0.1, -0.05) is 42.5 Å². The third-order valence-corrected chi connectivity index (χ3v) is 9.70. The van der Waals surface area contributed by atoms with E-state index in [2.05, 4.69) is 16.0 Å². The van der Waals surface area contributed by atoms with Gasteiger partial charge in [-0.05, 0) is 54.5 Å². The van der Waals surface area contributed by atoms with Crippen LogP contribution >= 0.6 is 23.1 Å². The molecule has 252 valence electrons. The summed E-state index contributed by atoms with van der Waals surface area (Å²) in [6, 6.07) is 22.6. The Morgan fingerprint density at radius 2 is 1.69 bits per heavy atom. The smallest absolute Gasteiger partial charge is 0.341 e. The van der Waals surface area contributed by atoms with E-state index < -0.39 is 17.8 Å². The first-order valence-corrected chi connectivity index (χ1v) is 17.0. The normalized spacial score (nSPS) is 12.4. The van der Waals surface area contributed by atoms with E-state index in [9.17, 15) is 24.0 Å². The number of methoxy groups -OCH3 is 2. The minimum absolute atomic E-state index is 0.00210. The van der Waals surface area contributed by atoms with Gasteiger partial charge in [-0.25, -0.2) is 4.79 Å². The van der Waals surface area contributed by atoms with Gasteiger partial charge in [0.1, 0.15) is 16.4 Å². The van der Waals surface area contributed by atoms with Crippen molar-refractivity contribution in [3.63, 3.8) is 0 Å². The van der Waals surface area contributed by atoms with Crippen LogP contribution in [0, 0.1) is 0 Å². The highest BCUT2D eigenvalue weighted by Crippen LogP contribution is 2.38. The third-order valence-electron chi connectivity index (χ3n) is 7.57. The predicted octanol–water partition coefficient (Wildman–Crippen LogP) is 5.59. The van der Waals surface area contributed by atoms with Crippen LogP contribution in [0.2, 0.25) is 0 Å². The van der Waals surface area contributed by atoms with E-state index >= 15 is 0 Å². The van der Waals surface area contributed by atoms with Crippen molar-refractivity contribution in [3.05, 3.63) is 112 Å². The van der Waals surface area contributed by atoms with Gasteiger partial charge in [0, 0.05) is 40.1 Å². The average Bonchev–Trinajstić information content (AvgIpc) is 3.47. The SMILES string of the molecule is COC(=O)c1c(NC(=O)CSc2cccc(NC(=O)/C(=C\c3ccccc3OC)NC(=O)c3ccccc3)c2)sc2c1CCN(C(C)=O)C2. The summed E-state index contributed by atoms with van der Waals surface area (Å²) < 4.78 is 10.4. The van der Waals surface area contributed by atoms with Crippen molar-refractivity contribution < 1.29 is 33.4 Å². The van der Waals surface area contributed by atoms with Crippen molar-refractivity contribution in [3.8, 4) is 5.75 Å². The lowest BCUT2D eigenvalue weighted by Crippen LogP contribution is -2.33. The second-order valence-electron chi connectivity index (χ2n) is 10.8. The summed E-state index contributed by atoms with van der Waals surface area (Å²) in [5.41, 5.74) is 2.55. The Balaban J connectivity index is 1.28. The van der Waals surface area contributed by atoms with Crippen LogP contribution in [0.4, 0.5) is 10.7 Å². The molecule has 0 radical (unpaired) electrons. The second kappa shape index (κ2) is 16.1. The predicted molar refractivity (Wildman–Crippen MR) is 190 cm³/mol. The Hall–Kier alpha value is -5.40. The number of amides is 4. The summed E-state index contributed by atoms with van der Waals surface area (Å²) in [6.45, 7) is 2.35. The molecule has 3 aromatic carbocycles. The number of nitrogens with one attached hydrogen (secondary N) is 3. The standard InChI is InChI=1S/C36H34N4O7S2/c1-22(41)40-17-16-27-30(20-40)49-35(32(27)36(45)47-3)39-31(42)21-48-26-14-9-13-25(19-26)37-34(44)28(18-24-12-7-8-15-29(24)46-2)38-33(43)23-10-5-4-6-11-23/h4-15,18-19H,16-17,20-21H2,1-3H3,(H,37,44)(H,38,43)(H,39,42)/b28-18+. The molecule has 11 nitrogen and oxygen atoms in total. The maximum atomic E-state index is 13.6. The van der Waals surface area contributed by atoms with Crippen molar-refractivity contribution in [2.24, 2.45) is 0 Å². The number of carbonyl (C=O) groups is 5. The first kappa shape index (κ1) is 34.9. The van der Waals surface area contributed by atoms with Gasteiger partial charge in [-0.15, -0.1) is 23.1 Å². The highest BCUT2D eigenvalue weighted by Gasteiger charge is 2.30. The van der Waals surface area contributed by atoms with E-state index in [0.717, 1.165) is 10.4 Å². The highest BCUT2D eigenvalue weighted by atomic mass is 32.2. The lowest BCUT2D eigenvalue weighted by molar-refractivity contribution is -0.129. The quantitative estimate of drug-likeness (QED) is 0.105. The van der Waals surface area contributed by atoms with Crippen LogP contribution in [0.3, 0.4) is 0 Å². The van der Waals surface area contributed by atoms with E-state index in [1.807, 2.05) is 0 Å². The van der Waals surface area contributed by atoms with Crippen LogP contribution in [0.1, 0.15) is 43.6 Å². The van der Waals surface area contributed by atoms with Gasteiger partial charge in [0.15, 0.2) is 0 Å². The minimum Gasteiger partial charge on any atom is -0.496 e. The molecule has 0 saturated heterocycles. The molecule has 1 aromatic heterocycles. The number of nitrogens with zero attached hydrogens (tertiary/aromatic N) is 1. The van der Waals surface area contributed by atoms with E-state index in [1.165, 1.54) is 44.2 Å². The van der Waals surface area contributed by atoms with Crippen molar-refractivity contribution in [2.45, 2.75) is 24.8 Å². The van der Waals surface area contributed by atoms with Crippen LogP contribution < -0.4 is 20.7 Å². The number of hydrogen-bond donors (Lipinski definition) is 3. The summed E-state index contributed by atoms with van der Waals surface area (Å²) in [5, 5.41) is 8.79. The van der Waals surface area contributed by atoms with Crippen molar-refractivity contribution in [1.82, 2.24) is 10.2 Å². The lowest BCUT2D eigenvalue weighted by Gasteiger charge is -2.25. The van der Waals surface area contributed by atoms with E-state index in [0.29, 0.717) is 57.5 Å². The number of ether oxygens (including phenoxy) is 2. The fourth-order valence-electron chi connectivity index (χ4n) is 5.14. The lowest BCUT2D eigenvalue weighted by atomic mass is 10.0. The van der Waals surface area contributed by atoms with Crippen molar-refractivity contribution >= 4 is 69.5 Å². The van der Waals surface area contributed by atoms with Gasteiger partial charge in [-0.2, -0.15) is 0 Å². The molecule has 4 amide bonds. The van der Waals surface area contributed by atoms with E-state index in [-0.39, 0.29) is 23.3 Å². The monoisotopic (exact) mass is 698 g/mol. The molecule has 0 aliphatic carbocycles. The molecule has 13 heteroatoms. The Morgan fingerprint density at radius 1 is 0.939 bits per heavy atom. The number of esters is 1. The summed E-state index contributed by atoms with van der Waals surface area (Å²) in [6.07, 6.45) is 2.03. The molecule has 0 saturated carbocycles. The van der Waals surface area contributed by atoms with Gasteiger partial charge < -0.3 is 30.3 Å². The molecule has 0 fully saturated rings. The number of fused-ring (bicyclic) bond motifs is 1. The number of anilines is 2. The number of rotatable bonds is 11. The highest BCUT2D eigenvalue weighted by molar-refractivity contribution is 8.00. The zero-order chi connectivity index (χ0) is 34.9. The topological polar surface area (TPSA) is 143 Å². The van der Waals surface area contributed by atoms with Gasteiger partial charge in [0.25, 0.3) is 11.8 Å². The number of thiophene rings is 1. The Morgan fingerprint density at radius 3 is 2.43 bits per heavy atom. The van der Waals surface area contributed by atoms with Crippen LogP contribution in [-0.4, -0.2) is 61.0 Å². The molecule has 4 aromatic rings. The molecular weight excluding hydrogens is 665 g/mol. The zero-order valence-electron chi connectivity index (χ0n) is 27.0. The average molecular weight is 699 g/mol. The largest absolute Gasteiger partial charge is 0.496 e. The first-order chi connectivity index (χ1) is 23.7. The van der Waals surface area contributed by atoms with Gasteiger partial charge in [0.2, 0.25) is 11.8 Å². The molecule has 49 heavy (non-hydrogen) atoms. The van der Waals surface area contributed by atoms with Crippen LogP contribution in [0.5, 0.6) is 5.75 Å². The molecular formula is C36H34N4O7S2. The summed E-state index contributed by atoms with van der Waals surface area (Å²) in [7, 11) is 2.81. The summed E-state index contributed by atoms with van der Waals surface area (Å²) in [4.78, 5) is 67.5. The second-order valence-corrected chi connectivity index (χ2v) is 13.0. The molecule has 1 aliphatic rings. The maximum absolute atomic E-state index is 13.6. The van der Waals surface area contributed by atoms with Crippen molar-refractivity contribution in [2.75, 3.05) is 37.2 Å². The van der Waals surface area contributed by atoms with Crippen molar-refractivity contribution in [1.29, 1.82) is 0 Å². The fraction of sp³-hybridized carbons (Fsp3) is 0.194. The van der Waals surface area contributed by atoms with Crippen LogP contribution in [0.15, 0.2) is 89.5 Å². The molecule has 0 atom stereocenters. The number of benzene rings is 3. The molecule has 2 heterocycles. The van der Waals surface area contributed by atoms with E-state index in [4.69, 9.17) is 9.47 Å². The zero-order valence-corrected chi connectivity index (χ0v) is 28.7. The number of hydrogen-bond acceptors (Lipinski definition) is 9. The molecule has 3 N–H and O–H groups in total. The minimum atomic E-state index is -0.560. The summed E-state index contributed by atoms with van der Waals surface area (Å²) >= 11 is 2.51.